The van der Waals surface area contributed by atoms with Crippen molar-refractivity contribution in [2.75, 3.05) is 0 Å². The van der Waals surface area contributed by atoms with Gasteiger partial charge in [0.15, 0.2) is 5.78 Å². The quantitative estimate of drug-likeness (QED) is 0.704. The zero-order chi connectivity index (χ0) is 21.8. The topological polar surface area (TPSA) is 49.4 Å². The highest BCUT2D eigenvalue weighted by Crippen LogP contribution is 2.54. The van der Waals surface area contributed by atoms with E-state index in [4.69, 9.17) is 0 Å². The van der Waals surface area contributed by atoms with Gasteiger partial charge >= 0.3 is 18.4 Å². The molecule has 1 aliphatic heterocycles. The number of rotatable bonds is 2. The average molecular weight is 420 g/mol. The number of amides is 2. The van der Waals surface area contributed by atoms with E-state index >= 15 is 0 Å². The number of allylic oxidation sites excluding steroid dienone is 1. The molecule has 1 N–H and O–H groups in total. The van der Waals surface area contributed by atoms with Crippen LogP contribution >= 0.6 is 0 Å². The SMILES string of the molecule is CC1(C)CC(=O)C2=C(C1)N(Cc1ccccc1)C(=O)NC2(C(F)(F)F)C(F)(F)F. The Morgan fingerprint density at radius 1 is 0.966 bits per heavy atom. The molecule has 1 aliphatic carbocycles. The molecule has 0 fully saturated rings. The van der Waals surface area contributed by atoms with E-state index in [9.17, 15) is 35.9 Å². The minimum atomic E-state index is -5.95. The number of halogens is 6. The van der Waals surface area contributed by atoms with Gasteiger partial charge in [-0.3, -0.25) is 9.69 Å². The van der Waals surface area contributed by atoms with Gasteiger partial charge in [-0.2, -0.15) is 26.3 Å². The molecule has 158 valence electrons. The van der Waals surface area contributed by atoms with Crippen molar-refractivity contribution < 1.29 is 35.9 Å². The van der Waals surface area contributed by atoms with E-state index in [1.165, 1.54) is 0 Å². The number of carbonyl (C=O) groups is 2. The lowest BCUT2D eigenvalue weighted by molar-refractivity contribution is -0.292. The van der Waals surface area contributed by atoms with Crippen LogP contribution in [0.1, 0.15) is 32.3 Å². The van der Waals surface area contributed by atoms with Crippen LogP contribution in [-0.4, -0.2) is 34.6 Å². The second kappa shape index (κ2) is 6.50. The molecule has 1 heterocycles. The molecular weight excluding hydrogens is 402 g/mol. The highest BCUT2D eigenvalue weighted by molar-refractivity contribution is 6.03. The Hall–Kier alpha value is -2.52. The van der Waals surface area contributed by atoms with Crippen LogP contribution in [0, 0.1) is 5.41 Å². The van der Waals surface area contributed by atoms with Crippen LogP contribution in [-0.2, 0) is 11.3 Å². The maximum absolute atomic E-state index is 13.8. The third kappa shape index (κ3) is 3.38. The predicted molar refractivity (Wildman–Crippen MR) is 90.4 cm³/mol. The normalized spacial score (nSPS) is 21.7. The lowest BCUT2D eigenvalue weighted by Gasteiger charge is -2.49. The maximum atomic E-state index is 13.8. The van der Waals surface area contributed by atoms with E-state index < -0.39 is 52.8 Å². The number of carbonyl (C=O) groups excluding carboxylic acids is 2. The molecule has 0 unspecified atom stereocenters. The third-order valence-corrected chi connectivity index (χ3v) is 5.13. The molecule has 0 saturated heterocycles. The maximum Gasteiger partial charge on any atom is 0.425 e. The first-order chi connectivity index (χ1) is 13.2. The second-order valence-corrected chi connectivity index (χ2v) is 8.01. The smallest absolute Gasteiger partial charge is 0.312 e. The van der Waals surface area contributed by atoms with Crippen molar-refractivity contribution in [3.8, 4) is 0 Å². The molecule has 10 heteroatoms. The highest BCUT2D eigenvalue weighted by atomic mass is 19.4. The number of nitrogens with one attached hydrogen (secondary N) is 1. The van der Waals surface area contributed by atoms with E-state index in [1.807, 2.05) is 0 Å². The van der Waals surface area contributed by atoms with Gasteiger partial charge in [0.05, 0.1) is 12.1 Å². The number of nitrogens with zero attached hydrogens (tertiary/aromatic N) is 1. The molecule has 3 rings (SSSR count). The summed E-state index contributed by atoms with van der Waals surface area (Å²) in [7, 11) is 0. The van der Waals surface area contributed by atoms with Crippen LogP contribution in [0.5, 0.6) is 0 Å². The van der Waals surface area contributed by atoms with Crippen molar-refractivity contribution in [2.45, 2.75) is 51.1 Å². The Morgan fingerprint density at radius 3 is 2.03 bits per heavy atom. The van der Waals surface area contributed by atoms with Gasteiger partial charge in [0.25, 0.3) is 5.54 Å². The van der Waals surface area contributed by atoms with E-state index in [0.29, 0.717) is 5.56 Å². The van der Waals surface area contributed by atoms with Crippen molar-refractivity contribution in [1.29, 1.82) is 0 Å². The van der Waals surface area contributed by atoms with Crippen LogP contribution in [0.25, 0.3) is 0 Å². The predicted octanol–water partition coefficient (Wildman–Crippen LogP) is 4.72. The number of hydrogen-bond donors (Lipinski definition) is 1. The standard InChI is InChI=1S/C19H18F6N2O2/c1-16(2)8-12-14(13(28)9-16)17(18(20,21)22,19(23,24)25)26-15(29)27(12)10-11-6-4-3-5-7-11/h3-7H,8-10H2,1-2H3,(H,26,29). The molecule has 2 aliphatic rings. The van der Waals surface area contributed by atoms with Gasteiger partial charge in [-0.1, -0.05) is 44.2 Å². The lowest BCUT2D eigenvalue weighted by Crippen LogP contribution is -2.74. The highest BCUT2D eigenvalue weighted by Gasteiger charge is 2.77. The molecule has 0 aromatic heterocycles. The van der Waals surface area contributed by atoms with Crippen molar-refractivity contribution in [2.24, 2.45) is 5.41 Å². The Kier molecular flexibility index (Phi) is 4.75. The summed E-state index contributed by atoms with van der Waals surface area (Å²) in [5, 5.41) is 1.10. The average Bonchev–Trinajstić information content (AvgIpc) is 2.55. The molecule has 29 heavy (non-hydrogen) atoms. The molecule has 1 aromatic carbocycles. The molecule has 1 aromatic rings. The number of ketones is 1. The first-order valence-corrected chi connectivity index (χ1v) is 8.73. The summed E-state index contributed by atoms with van der Waals surface area (Å²) in [6, 6.07) is 6.54. The van der Waals surface area contributed by atoms with Crippen molar-refractivity contribution in [3.05, 3.63) is 47.2 Å². The summed E-state index contributed by atoms with van der Waals surface area (Å²) in [4.78, 5) is 26.0. The third-order valence-electron chi connectivity index (χ3n) is 5.13. The van der Waals surface area contributed by atoms with Crippen LogP contribution in [0.2, 0.25) is 0 Å². The molecule has 0 radical (unpaired) electrons. The van der Waals surface area contributed by atoms with Crippen LogP contribution in [0.3, 0.4) is 0 Å². The number of benzene rings is 1. The fourth-order valence-corrected chi connectivity index (χ4v) is 3.88. The van der Waals surface area contributed by atoms with E-state index in [1.54, 1.807) is 44.2 Å². The van der Waals surface area contributed by atoms with Crippen LogP contribution in [0.4, 0.5) is 31.1 Å². The van der Waals surface area contributed by atoms with Crippen molar-refractivity contribution in [3.63, 3.8) is 0 Å². The summed E-state index contributed by atoms with van der Waals surface area (Å²) in [5.41, 5.74) is -7.10. The van der Waals surface area contributed by atoms with Gasteiger partial charge in [-0.25, -0.2) is 4.79 Å². The Bertz CT molecular complexity index is 857. The van der Waals surface area contributed by atoms with E-state index in [0.717, 1.165) is 10.2 Å². The molecule has 4 nitrogen and oxygen atoms in total. The fourth-order valence-electron chi connectivity index (χ4n) is 3.88. The summed E-state index contributed by atoms with van der Waals surface area (Å²) in [6.07, 6.45) is -12.7. The van der Waals surface area contributed by atoms with Gasteiger partial charge in [0.1, 0.15) is 0 Å². The molecular formula is C19H18F6N2O2. The summed E-state index contributed by atoms with van der Waals surface area (Å²) < 4.78 is 82.9. The number of urea groups is 1. The zero-order valence-corrected chi connectivity index (χ0v) is 15.5. The first-order valence-electron chi connectivity index (χ1n) is 8.73. The van der Waals surface area contributed by atoms with Crippen LogP contribution < -0.4 is 5.32 Å². The summed E-state index contributed by atoms with van der Waals surface area (Å²) >= 11 is 0. The van der Waals surface area contributed by atoms with Crippen molar-refractivity contribution in [1.82, 2.24) is 10.2 Å². The molecule has 0 saturated carbocycles. The number of Topliss-reactive ketones (excluding diaryl/α,β-unsaturated/α-hetero) is 1. The van der Waals surface area contributed by atoms with Crippen molar-refractivity contribution >= 4 is 11.8 Å². The Labute approximate surface area is 162 Å². The molecule has 0 bridgehead atoms. The number of alkyl halides is 6. The van der Waals surface area contributed by atoms with E-state index in [-0.39, 0.29) is 13.0 Å². The monoisotopic (exact) mass is 420 g/mol. The Morgan fingerprint density at radius 2 is 1.52 bits per heavy atom. The lowest BCUT2D eigenvalue weighted by atomic mass is 9.69. The summed E-state index contributed by atoms with van der Waals surface area (Å²) in [6.45, 7) is 2.86. The first kappa shape index (κ1) is 21.2. The van der Waals surface area contributed by atoms with Gasteiger partial charge in [-0.15, -0.1) is 0 Å². The number of hydrogen-bond acceptors (Lipinski definition) is 2. The molecule has 0 atom stereocenters. The van der Waals surface area contributed by atoms with Gasteiger partial charge in [0, 0.05) is 12.1 Å². The molecule has 0 spiro atoms. The second-order valence-electron chi connectivity index (χ2n) is 8.01. The fraction of sp³-hybridized carbons (Fsp3) is 0.474. The Balaban J connectivity index is 2.27. The largest absolute Gasteiger partial charge is 0.425 e. The van der Waals surface area contributed by atoms with E-state index in [2.05, 4.69) is 0 Å². The zero-order valence-electron chi connectivity index (χ0n) is 15.5. The van der Waals surface area contributed by atoms with Gasteiger partial charge < -0.3 is 5.32 Å². The van der Waals surface area contributed by atoms with Crippen LogP contribution in [0.15, 0.2) is 41.6 Å². The summed E-state index contributed by atoms with van der Waals surface area (Å²) in [5.74, 6) is -1.27. The van der Waals surface area contributed by atoms with Gasteiger partial charge in [-0.05, 0) is 17.4 Å². The van der Waals surface area contributed by atoms with Gasteiger partial charge in [0.2, 0.25) is 0 Å². The minimum Gasteiger partial charge on any atom is -0.312 e. The minimum absolute atomic E-state index is 0.263. The molecule has 2 amide bonds.